The maximum Gasteiger partial charge on any atom is 0.252 e. The van der Waals surface area contributed by atoms with Crippen molar-refractivity contribution < 1.29 is 9.47 Å². The molecule has 0 saturated carbocycles. The molecule has 2 aromatic carbocycles. The Morgan fingerprint density at radius 1 is 1.23 bits per heavy atom. The van der Waals surface area contributed by atoms with Gasteiger partial charge in [-0.25, -0.2) is 10.4 Å². The van der Waals surface area contributed by atoms with E-state index in [9.17, 15) is 4.79 Å². The summed E-state index contributed by atoms with van der Waals surface area (Å²) in [4.78, 5) is 18.7. The molecule has 0 radical (unpaired) electrons. The number of hydrogen-bond acceptors (Lipinski definition) is 6. The molecule has 0 unspecified atom stereocenters. The summed E-state index contributed by atoms with van der Waals surface area (Å²) >= 11 is 3.54. The number of hydrogen-bond donors (Lipinski definition) is 2. The number of aromatic nitrogens is 2. The van der Waals surface area contributed by atoms with Crippen molar-refractivity contribution in [1.29, 1.82) is 0 Å². The Morgan fingerprint density at radius 2 is 2.03 bits per heavy atom. The number of benzene rings is 2. The lowest BCUT2D eigenvalue weighted by Gasteiger charge is -2.13. The second-order valence-electron chi connectivity index (χ2n) is 6.51. The van der Waals surface area contributed by atoms with Gasteiger partial charge in [-0.15, -0.1) is 0 Å². The maximum absolute atomic E-state index is 11.7. The summed E-state index contributed by atoms with van der Waals surface area (Å²) in [5, 5.41) is 4.17. The van der Waals surface area contributed by atoms with Gasteiger partial charge >= 0.3 is 0 Å². The van der Waals surface area contributed by atoms with Gasteiger partial charge in [0.15, 0.2) is 11.5 Å². The molecule has 1 aromatic heterocycles. The van der Waals surface area contributed by atoms with Gasteiger partial charge in [0.25, 0.3) is 5.56 Å². The Kier molecular flexibility index (Phi) is 7.62. The third-order valence-electron chi connectivity index (χ3n) is 4.16. The van der Waals surface area contributed by atoms with Gasteiger partial charge in [0.1, 0.15) is 6.61 Å². The Labute approximate surface area is 183 Å². The van der Waals surface area contributed by atoms with Crippen molar-refractivity contribution in [3.63, 3.8) is 0 Å². The zero-order chi connectivity index (χ0) is 21.3. The fraction of sp³-hybridized carbons (Fsp3) is 0.227. The molecule has 2 N–H and O–H groups in total. The van der Waals surface area contributed by atoms with E-state index in [-0.39, 0.29) is 5.56 Å². The van der Waals surface area contributed by atoms with Gasteiger partial charge < -0.3 is 9.47 Å². The molecular formula is C22H23BrN4O3. The van der Waals surface area contributed by atoms with Gasteiger partial charge in [0.05, 0.1) is 17.8 Å². The number of methoxy groups -OCH3 is 1. The van der Waals surface area contributed by atoms with Crippen LogP contribution in [-0.4, -0.2) is 23.3 Å². The van der Waals surface area contributed by atoms with Crippen LogP contribution in [0.3, 0.4) is 0 Å². The number of anilines is 1. The van der Waals surface area contributed by atoms with Crippen molar-refractivity contribution in [2.24, 2.45) is 5.10 Å². The summed E-state index contributed by atoms with van der Waals surface area (Å²) in [5.41, 5.74) is 5.12. The molecule has 0 aliphatic heterocycles. The number of aryl methyl sites for hydroxylation is 1. The van der Waals surface area contributed by atoms with Crippen LogP contribution in [0.2, 0.25) is 0 Å². The van der Waals surface area contributed by atoms with Crippen LogP contribution in [0, 0.1) is 0 Å². The van der Waals surface area contributed by atoms with Gasteiger partial charge in [0, 0.05) is 11.8 Å². The Hall–Kier alpha value is -3.13. The molecule has 0 amide bonds. The highest BCUT2D eigenvalue weighted by molar-refractivity contribution is 9.10. The van der Waals surface area contributed by atoms with Gasteiger partial charge in [-0.1, -0.05) is 43.7 Å². The first-order valence-corrected chi connectivity index (χ1v) is 10.3. The molecule has 0 aliphatic carbocycles. The number of H-pyrrole nitrogens is 1. The van der Waals surface area contributed by atoms with E-state index in [4.69, 9.17) is 9.47 Å². The van der Waals surface area contributed by atoms with Gasteiger partial charge in [-0.2, -0.15) is 5.10 Å². The average molecular weight is 471 g/mol. The molecule has 156 valence electrons. The predicted molar refractivity (Wildman–Crippen MR) is 122 cm³/mol. The van der Waals surface area contributed by atoms with E-state index in [0.717, 1.165) is 34.1 Å². The standard InChI is InChI=1S/C22H23BrN4O3/c1-3-7-17-12-20(28)26-22(25-17)27-24-13-16-10-18(23)21(19(11-16)29-2)30-14-15-8-5-4-6-9-15/h4-6,8-13H,3,7,14H2,1-2H3,(H2,25,26,27,28)/b24-13+. The number of nitrogens with zero attached hydrogens (tertiary/aromatic N) is 2. The second kappa shape index (κ2) is 10.6. The third kappa shape index (κ3) is 5.93. The quantitative estimate of drug-likeness (QED) is 0.354. The van der Waals surface area contributed by atoms with Crippen LogP contribution in [0.15, 0.2) is 62.9 Å². The molecule has 7 nitrogen and oxygen atoms in total. The molecule has 30 heavy (non-hydrogen) atoms. The van der Waals surface area contributed by atoms with Crippen molar-refractivity contribution in [3.8, 4) is 11.5 Å². The molecule has 0 fully saturated rings. The molecule has 3 aromatic rings. The van der Waals surface area contributed by atoms with E-state index in [1.165, 1.54) is 6.07 Å². The van der Waals surface area contributed by atoms with Crippen molar-refractivity contribution in [2.45, 2.75) is 26.4 Å². The lowest BCUT2D eigenvalue weighted by molar-refractivity contribution is 0.282. The molecule has 0 bridgehead atoms. The van der Waals surface area contributed by atoms with Crippen LogP contribution < -0.4 is 20.5 Å². The first-order chi connectivity index (χ1) is 14.6. The molecule has 0 spiro atoms. The minimum absolute atomic E-state index is 0.213. The molecule has 0 saturated heterocycles. The van der Waals surface area contributed by atoms with E-state index in [2.05, 4.69) is 36.4 Å². The minimum atomic E-state index is -0.213. The van der Waals surface area contributed by atoms with Crippen LogP contribution in [0.4, 0.5) is 5.95 Å². The number of nitrogens with one attached hydrogen (secondary N) is 2. The Morgan fingerprint density at radius 3 is 2.77 bits per heavy atom. The average Bonchev–Trinajstić information content (AvgIpc) is 2.73. The summed E-state index contributed by atoms with van der Waals surface area (Å²) in [7, 11) is 1.59. The normalized spacial score (nSPS) is 10.9. The fourth-order valence-electron chi connectivity index (χ4n) is 2.80. The van der Waals surface area contributed by atoms with Crippen molar-refractivity contribution in [2.75, 3.05) is 12.5 Å². The number of rotatable bonds is 9. The molecule has 8 heteroatoms. The maximum atomic E-state index is 11.7. The van der Waals surface area contributed by atoms with Crippen molar-refractivity contribution in [1.82, 2.24) is 9.97 Å². The van der Waals surface area contributed by atoms with Gasteiger partial charge in [0.2, 0.25) is 5.95 Å². The molecule has 0 atom stereocenters. The highest BCUT2D eigenvalue weighted by Crippen LogP contribution is 2.36. The van der Waals surface area contributed by atoms with E-state index in [1.807, 2.05) is 49.4 Å². The van der Waals surface area contributed by atoms with Crippen molar-refractivity contribution >= 4 is 28.1 Å². The SMILES string of the molecule is CCCc1cc(=O)[nH]c(N/N=C/c2cc(Br)c(OCc3ccccc3)c(OC)c2)n1. The van der Waals surface area contributed by atoms with Crippen molar-refractivity contribution in [3.05, 3.63) is 80.2 Å². The summed E-state index contributed by atoms with van der Waals surface area (Å²) in [6.07, 6.45) is 3.25. The highest BCUT2D eigenvalue weighted by atomic mass is 79.9. The van der Waals surface area contributed by atoms with E-state index in [0.29, 0.717) is 24.1 Å². The monoisotopic (exact) mass is 470 g/mol. The summed E-state index contributed by atoms with van der Waals surface area (Å²) in [5.74, 6) is 1.50. The zero-order valence-corrected chi connectivity index (χ0v) is 18.4. The first-order valence-electron chi connectivity index (χ1n) is 9.52. The molecule has 0 aliphatic rings. The number of ether oxygens (including phenoxy) is 2. The summed E-state index contributed by atoms with van der Waals surface area (Å²) in [6.45, 7) is 2.46. The van der Waals surface area contributed by atoms with E-state index >= 15 is 0 Å². The van der Waals surface area contributed by atoms with Crippen LogP contribution in [-0.2, 0) is 13.0 Å². The van der Waals surface area contributed by atoms with Crippen LogP contribution in [0.1, 0.15) is 30.2 Å². The molecular weight excluding hydrogens is 448 g/mol. The van der Waals surface area contributed by atoms with E-state index in [1.54, 1.807) is 13.3 Å². The van der Waals surface area contributed by atoms with Gasteiger partial charge in [-0.05, 0) is 45.6 Å². The minimum Gasteiger partial charge on any atom is -0.493 e. The lowest BCUT2D eigenvalue weighted by Crippen LogP contribution is -2.12. The Bertz CT molecular complexity index is 1070. The smallest absolute Gasteiger partial charge is 0.252 e. The summed E-state index contributed by atoms with van der Waals surface area (Å²) < 4.78 is 12.2. The lowest BCUT2D eigenvalue weighted by atomic mass is 10.2. The van der Waals surface area contributed by atoms with Crippen LogP contribution in [0.25, 0.3) is 0 Å². The fourth-order valence-corrected chi connectivity index (χ4v) is 3.37. The second-order valence-corrected chi connectivity index (χ2v) is 7.37. The molecule has 1 heterocycles. The topological polar surface area (TPSA) is 88.6 Å². The third-order valence-corrected chi connectivity index (χ3v) is 4.75. The first kappa shape index (κ1) is 21.6. The zero-order valence-electron chi connectivity index (χ0n) is 16.8. The molecule has 3 rings (SSSR count). The van der Waals surface area contributed by atoms with E-state index < -0.39 is 0 Å². The number of hydrazone groups is 1. The summed E-state index contributed by atoms with van der Waals surface area (Å²) in [6, 6.07) is 15.1. The van der Waals surface area contributed by atoms with Crippen LogP contribution in [0.5, 0.6) is 11.5 Å². The largest absolute Gasteiger partial charge is 0.493 e. The van der Waals surface area contributed by atoms with Gasteiger partial charge in [-0.3, -0.25) is 9.78 Å². The number of halogens is 1. The Balaban J connectivity index is 1.72. The highest BCUT2D eigenvalue weighted by Gasteiger charge is 2.11. The predicted octanol–water partition coefficient (Wildman–Crippen LogP) is 4.52. The van der Waals surface area contributed by atoms with Crippen LogP contribution >= 0.6 is 15.9 Å². The number of aromatic amines is 1.